The summed E-state index contributed by atoms with van der Waals surface area (Å²) in [6.07, 6.45) is 1.81. The van der Waals surface area contributed by atoms with Crippen molar-refractivity contribution in [3.63, 3.8) is 0 Å². The van der Waals surface area contributed by atoms with E-state index in [9.17, 15) is 5.11 Å². The van der Waals surface area contributed by atoms with Gasteiger partial charge >= 0.3 is 0 Å². The smallest absolute Gasteiger partial charge is 0.0994 e. The van der Waals surface area contributed by atoms with Crippen molar-refractivity contribution in [3.05, 3.63) is 78.1 Å². The number of para-hydroxylation sites is 1. The number of aliphatic hydroxyl groups excluding tert-OH is 1. The average Bonchev–Trinajstić information content (AvgIpc) is 2.69. The first-order valence-corrected chi connectivity index (χ1v) is 10.4. The van der Waals surface area contributed by atoms with Gasteiger partial charge in [0.05, 0.1) is 11.3 Å². The van der Waals surface area contributed by atoms with E-state index in [1.165, 1.54) is 0 Å². The van der Waals surface area contributed by atoms with Crippen LogP contribution in [0.5, 0.6) is 0 Å². The van der Waals surface area contributed by atoms with Crippen molar-refractivity contribution in [3.8, 4) is 11.3 Å². The Morgan fingerprint density at radius 2 is 1.65 bits per heavy atom. The number of pyridine rings is 1. The monoisotopic (exact) mass is 594 g/mol. The van der Waals surface area contributed by atoms with Gasteiger partial charge in [-0.1, -0.05) is 71.9 Å². The van der Waals surface area contributed by atoms with Gasteiger partial charge < -0.3 is 5.11 Å². The molecule has 3 aromatic rings. The third-order valence-corrected chi connectivity index (χ3v) is 4.96. The maximum absolute atomic E-state index is 10.5. The Kier molecular flexibility index (Phi) is 8.00. The SMILES string of the molecule is CC(C)(C)C(/C=C(\O)C(C)(C)C)=NCc1[c-]c(-c2ccc3ccccc3n2)ccc1.[Pt]. The van der Waals surface area contributed by atoms with Crippen LogP contribution in [0.3, 0.4) is 0 Å². The van der Waals surface area contributed by atoms with Gasteiger partial charge in [-0.05, 0) is 23.2 Å². The molecule has 0 saturated heterocycles. The molecule has 0 spiro atoms. The largest absolute Gasteiger partial charge is 0.512 e. The van der Waals surface area contributed by atoms with Gasteiger partial charge in [-0.25, -0.2) is 0 Å². The van der Waals surface area contributed by atoms with Crippen LogP contribution in [0.25, 0.3) is 22.2 Å². The fourth-order valence-corrected chi connectivity index (χ4v) is 2.99. The Labute approximate surface area is 200 Å². The molecule has 2 aromatic carbocycles. The van der Waals surface area contributed by atoms with Crippen LogP contribution in [-0.2, 0) is 27.6 Å². The molecular weight excluding hydrogens is 563 g/mol. The molecule has 0 unspecified atom stereocenters. The van der Waals surface area contributed by atoms with Crippen LogP contribution in [0.4, 0.5) is 0 Å². The van der Waals surface area contributed by atoms with Crippen LogP contribution in [0, 0.1) is 16.9 Å². The second-order valence-electron chi connectivity index (χ2n) is 9.71. The number of aliphatic hydroxyl groups is 1. The van der Waals surface area contributed by atoms with E-state index < -0.39 is 0 Å². The Balaban J connectivity index is 0.00000341. The summed E-state index contributed by atoms with van der Waals surface area (Å²) >= 11 is 0. The molecule has 1 aromatic heterocycles. The maximum Gasteiger partial charge on any atom is 0.0994 e. The van der Waals surface area contributed by atoms with E-state index in [4.69, 9.17) is 9.98 Å². The summed E-state index contributed by atoms with van der Waals surface area (Å²) in [4.78, 5) is 9.61. The Morgan fingerprint density at radius 3 is 2.32 bits per heavy atom. The van der Waals surface area contributed by atoms with Crippen molar-refractivity contribution >= 4 is 16.6 Å². The van der Waals surface area contributed by atoms with Crippen LogP contribution >= 0.6 is 0 Å². The normalized spacial score (nSPS) is 13.2. The number of hydrogen-bond donors (Lipinski definition) is 1. The minimum Gasteiger partial charge on any atom is -0.512 e. The molecule has 3 nitrogen and oxygen atoms in total. The number of nitrogens with zero attached hydrogens (tertiary/aromatic N) is 2. The van der Waals surface area contributed by atoms with E-state index in [1.54, 1.807) is 0 Å². The van der Waals surface area contributed by atoms with E-state index in [-0.39, 0.29) is 31.9 Å². The molecule has 0 aliphatic rings. The standard InChI is InChI=1S/C27H31N2O.Pt/c1-26(2,3)24(17-25(30)27(4,5)6)28-18-19-10-9-12-21(16-19)23-15-14-20-11-7-8-13-22(20)29-23;/h7-15,17,30H,18H2,1-6H3;/q-1;/b25-17-,28-24?;. The number of hydrogen-bond acceptors (Lipinski definition) is 3. The van der Waals surface area contributed by atoms with E-state index in [0.29, 0.717) is 12.3 Å². The molecule has 0 fully saturated rings. The summed E-state index contributed by atoms with van der Waals surface area (Å²) in [6, 6.07) is 21.8. The van der Waals surface area contributed by atoms with E-state index in [1.807, 2.05) is 69.3 Å². The van der Waals surface area contributed by atoms with E-state index in [0.717, 1.165) is 33.4 Å². The van der Waals surface area contributed by atoms with Crippen LogP contribution < -0.4 is 0 Å². The summed E-state index contributed by atoms with van der Waals surface area (Å²) in [5.41, 5.74) is 4.23. The van der Waals surface area contributed by atoms with Crippen LogP contribution in [0.15, 0.2) is 71.4 Å². The number of aromatic nitrogens is 1. The quantitative estimate of drug-likeness (QED) is 0.198. The predicted molar refractivity (Wildman–Crippen MR) is 127 cm³/mol. The first-order chi connectivity index (χ1) is 14.0. The van der Waals surface area contributed by atoms with Gasteiger partial charge in [0.2, 0.25) is 0 Å². The molecule has 0 aliphatic carbocycles. The van der Waals surface area contributed by atoms with Gasteiger partial charge in [-0.3, -0.25) is 9.98 Å². The van der Waals surface area contributed by atoms with Crippen molar-refractivity contribution < 1.29 is 26.2 Å². The van der Waals surface area contributed by atoms with Crippen LogP contribution in [0.2, 0.25) is 0 Å². The van der Waals surface area contributed by atoms with E-state index in [2.05, 4.69) is 39.0 Å². The zero-order valence-electron chi connectivity index (χ0n) is 19.1. The second kappa shape index (κ2) is 9.91. The summed E-state index contributed by atoms with van der Waals surface area (Å²) in [5, 5.41) is 11.6. The third-order valence-electron chi connectivity index (χ3n) is 4.96. The molecule has 1 heterocycles. The van der Waals surface area contributed by atoms with Crippen molar-refractivity contribution in [1.29, 1.82) is 0 Å². The molecule has 0 bridgehead atoms. The molecule has 0 aliphatic heterocycles. The van der Waals surface area contributed by atoms with Crippen molar-refractivity contribution in [2.75, 3.05) is 0 Å². The van der Waals surface area contributed by atoms with Gasteiger partial charge in [-0.15, -0.1) is 35.4 Å². The second-order valence-corrected chi connectivity index (χ2v) is 9.71. The van der Waals surface area contributed by atoms with Crippen molar-refractivity contribution in [2.24, 2.45) is 15.8 Å². The molecule has 0 amide bonds. The van der Waals surface area contributed by atoms with Crippen LogP contribution in [0.1, 0.15) is 47.1 Å². The fourth-order valence-electron chi connectivity index (χ4n) is 2.99. The van der Waals surface area contributed by atoms with Crippen LogP contribution in [-0.4, -0.2) is 15.8 Å². The number of benzene rings is 2. The maximum atomic E-state index is 10.5. The minimum absolute atomic E-state index is 0. The zero-order chi connectivity index (χ0) is 21.9. The Hall–Kier alpha value is -2.25. The molecule has 1 N–H and O–H groups in total. The van der Waals surface area contributed by atoms with E-state index >= 15 is 0 Å². The first kappa shape index (κ1) is 25.0. The zero-order valence-corrected chi connectivity index (χ0v) is 21.4. The molecule has 3 rings (SSSR count). The molecule has 31 heavy (non-hydrogen) atoms. The Morgan fingerprint density at radius 1 is 0.935 bits per heavy atom. The molecule has 0 radical (unpaired) electrons. The number of aliphatic imine (C=N–C) groups is 1. The van der Waals surface area contributed by atoms with Gasteiger partial charge in [-0.2, -0.15) is 0 Å². The molecule has 0 atom stereocenters. The summed E-state index contributed by atoms with van der Waals surface area (Å²) in [5.74, 6) is 0.342. The van der Waals surface area contributed by atoms with Gasteiger partial charge in [0, 0.05) is 44.2 Å². The van der Waals surface area contributed by atoms with Gasteiger partial charge in [0.25, 0.3) is 0 Å². The number of rotatable bonds is 4. The van der Waals surface area contributed by atoms with Gasteiger partial charge in [0.1, 0.15) is 0 Å². The van der Waals surface area contributed by atoms with Crippen molar-refractivity contribution in [2.45, 2.75) is 48.1 Å². The summed E-state index contributed by atoms with van der Waals surface area (Å²) < 4.78 is 0. The molecule has 166 valence electrons. The molecular formula is C27H31N2OPt-. The first-order valence-electron chi connectivity index (χ1n) is 10.4. The minimum atomic E-state index is -0.306. The third kappa shape index (κ3) is 6.61. The molecule has 4 heteroatoms. The predicted octanol–water partition coefficient (Wildman–Crippen LogP) is 7.17. The number of fused-ring (bicyclic) bond motifs is 1. The fraction of sp³-hybridized carbons (Fsp3) is 0.333. The summed E-state index contributed by atoms with van der Waals surface area (Å²) in [6.45, 7) is 12.8. The van der Waals surface area contributed by atoms with Crippen molar-refractivity contribution in [1.82, 2.24) is 4.98 Å². The Bertz CT molecular complexity index is 1100. The average molecular weight is 595 g/mol. The number of allylic oxidation sites excluding steroid dienone is 2. The topological polar surface area (TPSA) is 45.5 Å². The summed E-state index contributed by atoms with van der Waals surface area (Å²) in [7, 11) is 0. The van der Waals surface area contributed by atoms with Gasteiger partial charge in [0.15, 0.2) is 0 Å². The molecule has 0 saturated carbocycles.